The van der Waals surface area contributed by atoms with E-state index in [1.807, 2.05) is 0 Å². The third-order valence-corrected chi connectivity index (χ3v) is 5.00. The summed E-state index contributed by atoms with van der Waals surface area (Å²) in [6.07, 6.45) is 7.50. The maximum absolute atomic E-state index is 12.5. The molecule has 104 valence electrons. The van der Waals surface area contributed by atoms with Gasteiger partial charge in [-0.1, -0.05) is 32.1 Å². The SMILES string of the molecule is O=C1NC(=O)C2(CCCC2)C(=O)N1CCC1CCC1. The number of carbonyl (C=O) groups excluding carboxylic acids is 3. The van der Waals surface area contributed by atoms with Crippen molar-refractivity contribution in [1.29, 1.82) is 0 Å². The summed E-state index contributed by atoms with van der Waals surface area (Å²) in [7, 11) is 0. The van der Waals surface area contributed by atoms with Gasteiger partial charge >= 0.3 is 6.03 Å². The van der Waals surface area contributed by atoms with Crippen LogP contribution in [0.4, 0.5) is 4.79 Å². The van der Waals surface area contributed by atoms with Crippen molar-refractivity contribution < 1.29 is 14.4 Å². The van der Waals surface area contributed by atoms with Crippen molar-refractivity contribution in [2.45, 2.75) is 51.4 Å². The normalized spacial score (nSPS) is 26.7. The maximum atomic E-state index is 12.5. The Labute approximate surface area is 112 Å². The van der Waals surface area contributed by atoms with E-state index in [9.17, 15) is 14.4 Å². The van der Waals surface area contributed by atoms with Crippen LogP contribution in [0.2, 0.25) is 0 Å². The fourth-order valence-electron chi connectivity index (χ4n) is 3.45. The number of carbonyl (C=O) groups is 3. The summed E-state index contributed by atoms with van der Waals surface area (Å²) >= 11 is 0. The van der Waals surface area contributed by atoms with E-state index in [1.165, 1.54) is 24.2 Å². The molecular formula is C14H20N2O3. The summed E-state index contributed by atoms with van der Waals surface area (Å²) < 4.78 is 0. The predicted octanol–water partition coefficient (Wildman–Crippen LogP) is 1.82. The zero-order valence-corrected chi connectivity index (χ0v) is 11.1. The molecule has 1 N–H and O–H groups in total. The Morgan fingerprint density at radius 1 is 1.11 bits per heavy atom. The molecule has 1 spiro atoms. The molecular weight excluding hydrogens is 244 g/mol. The minimum atomic E-state index is -0.937. The molecule has 3 fully saturated rings. The van der Waals surface area contributed by atoms with Crippen LogP contribution in [0.25, 0.3) is 0 Å². The summed E-state index contributed by atoms with van der Waals surface area (Å²) in [6.45, 7) is 0.463. The van der Waals surface area contributed by atoms with Crippen molar-refractivity contribution in [3.05, 3.63) is 0 Å². The Bertz CT molecular complexity index is 422. The van der Waals surface area contributed by atoms with Gasteiger partial charge in [0, 0.05) is 6.54 Å². The van der Waals surface area contributed by atoms with Gasteiger partial charge in [0.05, 0.1) is 0 Å². The van der Waals surface area contributed by atoms with Crippen molar-refractivity contribution in [3.8, 4) is 0 Å². The number of rotatable bonds is 3. The van der Waals surface area contributed by atoms with Gasteiger partial charge in [0.15, 0.2) is 0 Å². The average Bonchev–Trinajstić information content (AvgIpc) is 2.80. The van der Waals surface area contributed by atoms with E-state index in [2.05, 4.69) is 5.32 Å². The third kappa shape index (κ3) is 1.95. The van der Waals surface area contributed by atoms with Crippen LogP contribution < -0.4 is 5.32 Å². The second kappa shape index (κ2) is 4.62. The van der Waals surface area contributed by atoms with Crippen LogP contribution in [-0.2, 0) is 9.59 Å². The lowest BCUT2D eigenvalue weighted by atomic mass is 9.80. The Kier molecular flexibility index (Phi) is 3.07. The van der Waals surface area contributed by atoms with E-state index in [4.69, 9.17) is 0 Å². The van der Waals surface area contributed by atoms with Gasteiger partial charge in [0.1, 0.15) is 5.41 Å². The van der Waals surface area contributed by atoms with Gasteiger partial charge in [-0.05, 0) is 25.2 Å². The van der Waals surface area contributed by atoms with Gasteiger partial charge in [-0.25, -0.2) is 4.79 Å². The van der Waals surface area contributed by atoms with E-state index < -0.39 is 11.4 Å². The van der Waals surface area contributed by atoms with Crippen LogP contribution in [0.5, 0.6) is 0 Å². The van der Waals surface area contributed by atoms with Crippen LogP contribution in [0.1, 0.15) is 51.4 Å². The van der Waals surface area contributed by atoms with Gasteiger partial charge in [-0.15, -0.1) is 0 Å². The van der Waals surface area contributed by atoms with E-state index in [0.717, 1.165) is 19.3 Å². The second-order valence-electron chi connectivity index (χ2n) is 6.09. The second-order valence-corrected chi connectivity index (χ2v) is 6.09. The van der Waals surface area contributed by atoms with Crippen LogP contribution in [0, 0.1) is 11.3 Å². The molecule has 5 nitrogen and oxygen atoms in total. The molecule has 0 unspecified atom stereocenters. The summed E-state index contributed by atoms with van der Waals surface area (Å²) in [6, 6.07) is -0.521. The van der Waals surface area contributed by atoms with Gasteiger partial charge in [-0.2, -0.15) is 0 Å². The minimum absolute atomic E-state index is 0.252. The summed E-state index contributed by atoms with van der Waals surface area (Å²) in [5.41, 5.74) is -0.937. The maximum Gasteiger partial charge on any atom is 0.330 e. The first-order valence-electron chi connectivity index (χ1n) is 7.31. The highest BCUT2D eigenvalue weighted by atomic mass is 16.2. The zero-order valence-electron chi connectivity index (χ0n) is 11.1. The van der Waals surface area contributed by atoms with Gasteiger partial charge in [0.2, 0.25) is 11.8 Å². The highest BCUT2D eigenvalue weighted by molar-refractivity contribution is 6.19. The molecule has 4 amide bonds. The van der Waals surface area contributed by atoms with E-state index in [0.29, 0.717) is 25.3 Å². The molecule has 5 heteroatoms. The van der Waals surface area contributed by atoms with Crippen LogP contribution in [0.15, 0.2) is 0 Å². The highest BCUT2D eigenvalue weighted by Crippen LogP contribution is 2.42. The van der Waals surface area contributed by atoms with Crippen molar-refractivity contribution in [3.63, 3.8) is 0 Å². The lowest BCUT2D eigenvalue weighted by Gasteiger charge is -2.38. The van der Waals surface area contributed by atoms with Gasteiger partial charge in [-0.3, -0.25) is 19.8 Å². The Balaban J connectivity index is 1.73. The molecule has 1 saturated heterocycles. The molecule has 3 aliphatic rings. The number of hydrogen-bond donors (Lipinski definition) is 1. The van der Waals surface area contributed by atoms with Crippen molar-refractivity contribution in [1.82, 2.24) is 10.2 Å². The van der Waals surface area contributed by atoms with Crippen molar-refractivity contribution in [2.75, 3.05) is 6.54 Å². The number of amides is 4. The molecule has 0 aromatic heterocycles. The largest absolute Gasteiger partial charge is 0.330 e. The third-order valence-electron chi connectivity index (χ3n) is 5.00. The van der Waals surface area contributed by atoms with E-state index in [1.54, 1.807) is 0 Å². The minimum Gasteiger partial charge on any atom is -0.277 e. The van der Waals surface area contributed by atoms with Crippen LogP contribution in [0.3, 0.4) is 0 Å². The topological polar surface area (TPSA) is 66.5 Å². The monoisotopic (exact) mass is 264 g/mol. The van der Waals surface area contributed by atoms with Crippen LogP contribution >= 0.6 is 0 Å². The fourth-order valence-corrected chi connectivity index (χ4v) is 3.45. The van der Waals surface area contributed by atoms with E-state index in [-0.39, 0.29) is 11.8 Å². The molecule has 2 aliphatic carbocycles. The Morgan fingerprint density at radius 2 is 1.79 bits per heavy atom. The first-order chi connectivity index (χ1) is 9.13. The van der Waals surface area contributed by atoms with Gasteiger partial charge < -0.3 is 0 Å². The quantitative estimate of drug-likeness (QED) is 0.791. The van der Waals surface area contributed by atoms with Crippen molar-refractivity contribution in [2.24, 2.45) is 11.3 Å². The Hall–Kier alpha value is -1.39. The number of hydrogen-bond acceptors (Lipinski definition) is 3. The smallest absolute Gasteiger partial charge is 0.277 e. The zero-order chi connectivity index (χ0) is 13.5. The lowest BCUT2D eigenvalue weighted by molar-refractivity contribution is -0.151. The lowest BCUT2D eigenvalue weighted by Crippen LogP contribution is -2.63. The van der Waals surface area contributed by atoms with Crippen molar-refractivity contribution >= 4 is 17.8 Å². The fraction of sp³-hybridized carbons (Fsp3) is 0.786. The Morgan fingerprint density at radius 3 is 2.37 bits per heavy atom. The predicted molar refractivity (Wildman–Crippen MR) is 68.1 cm³/mol. The molecule has 19 heavy (non-hydrogen) atoms. The molecule has 1 heterocycles. The number of barbiturate groups is 1. The number of urea groups is 1. The summed E-state index contributed by atoms with van der Waals surface area (Å²) in [4.78, 5) is 37.7. The summed E-state index contributed by atoms with van der Waals surface area (Å²) in [5, 5.41) is 2.38. The average molecular weight is 264 g/mol. The molecule has 2 saturated carbocycles. The first-order valence-corrected chi connectivity index (χ1v) is 7.31. The van der Waals surface area contributed by atoms with Gasteiger partial charge in [0.25, 0.3) is 0 Å². The number of imide groups is 2. The number of nitrogens with zero attached hydrogens (tertiary/aromatic N) is 1. The molecule has 0 aromatic rings. The van der Waals surface area contributed by atoms with E-state index >= 15 is 0 Å². The molecule has 0 atom stereocenters. The molecule has 0 bridgehead atoms. The highest BCUT2D eigenvalue weighted by Gasteiger charge is 2.54. The molecule has 3 rings (SSSR count). The van der Waals surface area contributed by atoms with Crippen LogP contribution in [-0.4, -0.2) is 29.3 Å². The number of nitrogens with one attached hydrogen (secondary N) is 1. The standard InChI is InChI=1S/C14H20N2O3/c17-11-14(7-1-2-8-14)12(18)16(13(19)15-11)9-6-10-4-3-5-10/h10H,1-9H2,(H,15,17,19). The molecule has 0 radical (unpaired) electrons. The molecule has 0 aromatic carbocycles. The first kappa shape index (κ1) is 12.6. The molecule has 1 aliphatic heterocycles. The summed E-state index contributed by atoms with van der Waals surface area (Å²) in [5.74, 6) is 0.0238.